The van der Waals surface area contributed by atoms with Gasteiger partial charge < -0.3 is 0 Å². The molecule has 18 heavy (non-hydrogen) atoms. The third kappa shape index (κ3) is 2.36. The van der Waals surface area contributed by atoms with E-state index >= 15 is 0 Å². The van der Waals surface area contributed by atoms with Crippen LogP contribution < -0.4 is 11.2 Å². The van der Waals surface area contributed by atoms with Gasteiger partial charge >= 0.3 is 5.69 Å². The van der Waals surface area contributed by atoms with Crippen LogP contribution in [-0.2, 0) is 0 Å². The van der Waals surface area contributed by atoms with Crippen molar-refractivity contribution in [1.82, 2.24) is 9.55 Å². The predicted octanol–water partition coefficient (Wildman–Crippen LogP) is 2.47. The minimum Gasteiger partial charge on any atom is -0.295 e. The highest BCUT2D eigenvalue weighted by Gasteiger charge is 2.26. The van der Waals surface area contributed by atoms with Crippen LogP contribution in [0.5, 0.6) is 0 Å². The van der Waals surface area contributed by atoms with Crippen molar-refractivity contribution in [2.75, 3.05) is 0 Å². The molecular weight excluding hydrogens is 259 g/mol. The average molecular weight is 275 g/mol. The van der Waals surface area contributed by atoms with E-state index in [0.29, 0.717) is 0 Å². The number of H-pyrrole nitrogens is 1. The normalized spacial score (nSPS) is 24.8. The second kappa shape index (κ2) is 5.26. The first kappa shape index (κ1) is 13.3. The van der Waals surface area contributed by atoms with Crippen molar-refractivity contribution in [2.24, 2.45) is 5.92 Å². The molecule has 4 nitrogen and oxygen atoms in total. The van der Waals surface area contributed by atoms with Crippen LogP contribution in [0.15, 0.2) is 9.59 Å². The van der Waals surface area contributed by atoms with Crippen LogP contribution >= 0.6 is 11.6 Å². The van der Waals surface area contributed by atoms with Crippen LogP contribution in [0, 0.1) is 11.7 Å². The summed E-state index contributed by atoms with van der Waals surface area (Å²) in [5.41, 5.74) is -1.53. The lowest BCUT2D eigenvalue weighted by atomic mass is 9.97. The van der Waals surface area contributed by atoms with Gasteiger partial charge in [-0.15, -0.1) is 0 Å². The molecule has 1 saturated carbocycles. The van der Waals surface area contributed by atoms with Crippen molar-refractivity contribution in [2.45, 2.75) is 45.1 Å². The van der Waals surface area contributed by atoms with Crippen molar-refractivity contribution in [3.8, 4) is 0 Å². The Morgan fingerprint density at radius 1 is 1.28 bits per heavy atom. The Morgan fingerprint density at radius 3 is 2.67 bits per heavy atom. The number of nitrogens with zero attached hydrogens (tertiary/aromatic N) is 1. The Bertz CT molecular complexity index is 552. The van der Waals surface area contributed by atoms with Gasteiger partial charge in [-0.25, -0.2) is 4.79 Å². The lowest BCUT2D eigenvalue weighted by Crippen LogP contribution is -2.41. The van der Waals surface area contributed by atoms with Gasteiger partial charge in [0.2, 0.25) is 5.82 Å². The molecule has 1 fully saturated rings. The van der Waals surface area contributed by atoms with Gasteiger partial charge in [-0.3, -0.25) is 14.3 Å². The highest BCUT2D eigenvalue weighted by Crippen LogP contribution is 2.30. The fourth-order valence-corrected chi connectivity index (χ4v) is 2.82. The monoisotopic (exact) mass is 274 g/mol. The molecule has 1 heterocycles. The third-order valence-corrected chi connectivity index (χ3v) is 3.94. The van der Waals surface area contributed by atoms with Crippen LogP contribution in [-0.4, -0.2) is 9.55 Å². The van der Waals surface area contributed by atoms with Gasteiger partial charge in [-0.2, -0.15) is 4.39 Å². The number of hydrogen-bond donors (Lipinski definition) is 1. The van der Waals surface area contributed by atoms with Crippen molar-refractivity contribution in [3.05, 3.63) is 31.8 Å². The first-order valence-electron chi connectivity index (χ1n) is 6.22. The van der Waals surface area contributed by atoms with E-state index in [-0.39, 0.29) is 12.0 Å². The molecule has 1 N–H and O–H groups in total. The summed E-state index contributed by atoms with van der Waals surface area (Å²) >= 11 is 5.45. The second-order valence-corrected chi connectivity index (χ2v) is 5.29. The summed E-state index contributed by atoms with van der Waals surface area (Å²) in [7, 11) is 0. The number of aromatic amines is 1. The van der Waals surface area contributed by atoms with E-state index in [9.17, 15) is 14.0 Å². The number of hydrogen-bond acceptors (Lipinski definition) is 2. The molecule has 0 aliphatic heterocycles. The van der Waals surface area contributed by atoms with Crippen LogP contribution in [0.1, 0.15) is 45.1 Å². The first-order valence-corrected chi connectivity index (χ1v) is 6.60. The van der Waals surface area contributed by atoms with E-state index in [1.807, 2.05) is 6.92 Å². The lowest BCUT2D eigenvalue weighted by Gasteiger charge is -2.22. The van der Waals surface area contributed by atoms with E-state index in [0.717, 1.165) is 36.7 Å². The smallest absolute Gasteiger partial charge is 0.295 e. The summed E-state index contributed by atoms with van der Waals surface area (Å²) in [6.07, 6.45) is 4.79. The molecule has 2 atom stereocenters. The molecule has 2 rings (SSSR count). The van der Waals surface area contributed by atoms with Gasteiger partial charge in [0.25, 0.3) is 5.56 Å². The molecule has 1 aromatic rings. The maximum atomic E-state index is 13.5. The molecular formula is C12H16ClFN2O2. The van der Waals surface area contributed by atoms with Crippen molar-refractivity contribution in [3.63, 3.8) is 0 Å². The maximum Gasteiger partial charge on any atom is 0.329 e. The molecule has 1 aromatic heterocycles. The maximum absolute atomic E-state index is 13.5. The highest BCUT2D eigenvalue weighted by atomic mass is 35.5. The third-order valence-electron chi connectivity index (χ3n) is 3.68. The van der Waals surface area contributed by atoms with Gasteiger partial charge in [0.05, 0.1) is 0 Å². The molecule has 0 spiro atoms. The van der Waals surface area contributed by atoms with E-state index in [1.165, 1.54) is 0 Å². The zero-order chi connectivity index (χ0) is 13.3. The van der Waals surface area contributed by atoms with Gasteiger partial charge in [0.15, 0.2) is 5.15 Å². The number of rotatable bonds is 1. The molecule has 100 valence electrons. The van der Waals surface area contributed by atoms with Crippen LogP contribution in [0.2, 0.25) is 5.15 Å². The summed E-state index contributed by atoms with van der Waals surface area (Å²) in [5, 5.41) is -0.512. The van der Waals surface area contributed by atoms with E-state index < -0.39 is 22.2 Å². The summed E-state index contributed by atoms with van der Waals surface area (Å²) in [6, 6.07) is -0.240. The van der Waals surface area contributed by atoms with Crippen molar-refractivity contribution < 1.29 is 4.39 Å². The van der Waals surface area contributed by atoms with Gasteiger partial charge in [0.1, 0.15) is 0 Å². The SMILES string of the molecule is CC1CCCCCC1n1c(=O)[nH]c(Cl)c(F)c1=O. The average Bonchev–Trinajstić information content (AvgIpc) is 2.52. The lowest BCUT2D eigenvalue weighted by molar-refractivity contribution is 0.310. The quantitative estimate of drug-likeness (QED) is 0.632. The zero-order valence-corrected chi connectivity index (χ0v) is 11.0. The molecule has 6 heteroatoms. The minimum atomic E-state index is -1.08. The van der Waals surface area contributed by atoms with Gasteiger partial charge in [-0.1, -0.05) is 37.8 Å². The minimum absolute atomic E-state index is 0.187. The molecule has 1 aliphatic carbocycles. The largest absolute Gasteiger partial charge is 0.329 e. The first-order chi connectivity index (χ1) is 8.52. The Kier molecular flexibility index (Phi) is 3.90. The Labute approximate surface area is 109 Å². The highest BCUT2D eigenvalue weighted by molar-refractivity contribution is 6.29. The summed E-state index contributed by atoms with van der Waals surface area (Å²) in [6.45, 7) is 1.99. The fraction of sp³-hybridized carbons (Fsp3) is 0.667. The van der Waals surface area contributed by atoms with Crippen molar-refractivity contribution >= 4 is 11.6 Å². The van der Waals surface area contributed by atoms with Crippen LogP contribution in [0.3, 0.4) is 0 Å². The Balaban J connectivity index is 2.53. The molecule has 2 unspecified atom stereocenters. The van der Waals surface area contributed by atoms with Crippen molar-refractivity contribution in [1.29, 1.82) is 0 Å². The second-order valence-electron chi connectivity index (χ2n) is 4.92. The predicted molar refractivity (Wildman–Crippen MR) is 67.6 cm³/mol. The van der Waals surface area contributed by atoms with E-state index in [1.54, 1.807) is 0 Å². The molecule has 0 bridgehead atoms. The molecule has 0 saturated heterocycles. The standard InChI is InChI=1S/C12H16ClFN2O2/c1-7-5-3-2-4-6-8(7)16-11(17)9(14)10(13)15-12(16)18/h7-8H,2-6H2,1H3,(H,15,18). The Morgan fingerprint density at radius 2 is 1.94 bits per heavy atom. The summed E-state index contributed by atoms with van der Waals surface area (Å²) in [5.74, 6) is -0.889. The topological polar surface area (TPSA) is 54.9 Å². The van der Waals surface area contributed by atoms with Gasteiger partial charge in [0, 0.05) is 6.04 Å². The molecule has 1 aliphatic rings. The molecule has 0 radical (unpaired) electrons. The summed E-state index contributed by atoms with van der Waals surface area (Å²) < 4.78 is 14.5. The summed E-state index contributed by atoms with van der Waals surface area (Å²) in [4.78, 5) is 25.9. The number of halogens is 2. The Hall–Kier alpha value is -1.10. The van der Waals surface area contributed by atoms with Crippen LogP contribution in [0.25, 0.3) is 0 Å². The van der Waals surface area contributed by atoms with E-state index in [4.69, 9.17) is 11.6 Å². The zero-order valence-electron chi connectivity index (χ0n) is 10.2. The van der Waals surface area contributed by atoms with Gasteiger partial charge in [-0.05, 0) is 18.8 Å². The number of aromatic nitrogens is 2. The molecule has 0 aromatic carbocycles. The molecule has 0 amide bonds. The van der Waals surface area contributed by atoms with Crippen LogP contribution in [0.4, 0.5) is 4.39 Å². The fourth-order valence-electron chi connectivity index (χ4n) is 2.66. The number of nitrogens with one attached hydrogen (secondary N) is 1. The van der Waals surface area contributed by atoms with E-state index in [2.05, 4.69) is 4.98 Å².